The van der Waals surface area contributed by atoms with Crippen molar-refractivity contribution in [2.24, 2.45) is 29.1 Å². The maximum absolute atomic E-state index is 13.0. The molecular formula is C17H28N2O3. The predicted octanol–water partition coefficient (Wildman–Crippen LogP) is 2.02. The van der Waals surface area contributed by atoms with E-state index in [0.29, 0.717) is 0 Å². The second kappa shape index (κ2) is 5.84. The average molecular weight is 308 g/mol. The molecule has 4 aliphatic carbocycles. The Kier molecular flexibility index (Phi) is 4.19. The van der Waals surface area contributed by atoms with Gasteiger partial charge in [-0.2, -0.15) is 0 Å². The fraction of sp³-hybridized carbons (Fsp3) is 0.882. The van der Waals surface area contributed by atoms with Crippen LogP contribution >= 0.6 is 0 Å². The lowest BCUT2D eigenvalue weighted by Crippen LogP contribution is -2.58. The Bertz CT molecular complexity index is 426. The minimum atomic E-state index is -0.527. The van der Waals surface area contributed by atoms with Crippen molar-refractivity contribution >= 4 is 11.8 Å². The number of hydroxylamine groups is 1. The van der Waals surface area contributed by atoms with Crippen molar-refractivity contribution in [1.82, 2.24) is 10.8 Å². The summed E-state index contributed by atoms with van der Waals surface area (Å²) in [6, 6.07) is -0.527. The van der Waals surface area contributed by atoms with Gasteiger partial charge in [0.1, 0.15) is 6.04 Å². The summed E-state index contributed by atoms with van der Waals surface area (Å²) in [4.78, 5) is 29.8. The largest absolute Gasteiger partial charge is 0.343 e. The van der Waals surface area contributed by atoms with Crippen molar-refractivity contribution in [2.45, 2.75) is 58.4 Å². The third-order valence-electron chi connectivity index (χ3n) is 5.96. The van der Waals surface area contributed by atoms with Crippen LogP contribution in [0.25, 0.3) is 0 Å². The van der Waals surface area contributed by atoms with Crippen molar-refractivity contribution in [2.75, 3.05) is 7.11 Å². The fourth-order valence-corrected chi connectivity index (χ4v) is 5.38. The average Bonchev–Trinajstić information content (AvgIpc) is 2.42. The maximum Gasteiger partial charge on any atom is 0.266 e. The summed E-state index contributed by atoms with van der Waals surface area (Å²) in [5.41, 5.74) is 2.14. The zero-order chi connectivity index (χ0) is 15.9. The first-order valence-electron chi connectivity index (χ1n) is 8.57. The van der Waals surface area contributed by atoms with Gasteiger partial charge in [-0.25, -0.2) is 5.48 Å². The summed E-state index contributed by atoms with van der Waals surface area (Å²) in [6.45, 7) is 3.89. The Morgan fingerprint density at radius 2 is 1.55 bits per heavy atom. The Morgan fingerprint density at radius 3 is 1.95 bits per heavy atom. The van der Waals surface area contributed by atoms with Crippen LogP contribution in [0.1, 0.15) is 52.4 Å². The van der Waals surface area contributed by atoms with Crippen LogP contribution in [0.15, 0.2) is 0 Å². The number of hydrogen-bond donors (Lipinski definition) is 2. The van der Waals surface area contributed by atoms with Crippen LogP contribution in [0.4, 0.5) is 0 Å². The second-order valence-corrected chi connectivity index (χ2v) is 8.06. The van der Waals surface area contributed by atoms with Gasteiger partial charge in [0, 0.05) is 5.41 Å². The Morgan fingerprint density at radius 1 is 1.05 bits per heavy atom. The first-order chi connectivity index (χ1) is 10.4. The summed E-state index contributed by atoms with van der Waals surface area (Å²) in [7, 11) is 1.41. The molecule has 2 amide bonds. The smallest absolute Gasteiger partial charge is 0.266 e. The van der Waals surface area contributed by atoms with Crippen molar-refractivity contribution in [3.8, 4) is 0 Å². The van der Waals surface area contributed by atoms with E-state index in [0.717, 1.165) is 37.0 Å². The lowest BCUT2D eigenvalue weighted by atomic mass is 9.49. The molecule has 22 heavy (non-hydrogen) atoms. The molecule has 0 saturated heterocycles. The zero-order valence-electron chi connectivity index (χ0n) is 13.9. The lowest BCUT2D eigenvalue weighted by molar-refractivity contribution is -0.150. The summed E-state index contributed by atoms with van der Waals surface area (Å²) in [5.74, 6) is 2.03. The molecule has 5 heteroatoms. The first-order valence-corrected chi connectivity index (χ1v) is 8.57. The summed E-state index contributed by atoms with van der Waals surface area (Å²) in [6.07, 6.45) is 6.98. The summed E-state index contributed by atoms with van der Waals surface area (Å²) < 4.78 is 0. The van der Waals surface area contributed by atoms with Crippen molar-refractivity contribution in [1.29, 1.82) is 0 Å². The molecule has 0 radical (unpaired) electrons. The molecule has 0 aromatic rings. The normalized spacial score (nSPS) is 37.2. The van der Waals surface area contributed by atoms with E-state index in [9.17, 15) is 9.59 Å². The van der Waals surface area contributed by atoms with Gasteiger partial charge in [-0.1, -0.05) is 13.8 Å². The van der Waals surface area contributed by atoms with Gasteiger partial charge >= 0.3 is 0 Å². The first kappa shape index (κ1) is 15.8. The number of carbonyl (C=O) groups excluding carboxylic acids is 2. The number of nitrogens with one attached hydrogen (secondary N) is 2. The molecule has 4 saturated carbocycles. The Balaban J connectivity index is 1.71. The van der Waals surface area contributed by atoms with Gasteiger partial charge in [0.15, 0.2) is 0 Å². The number of hydrogen-bond acceptors (Lipinski definition) is 3. The van der Waals surface area contributed by atoms with E-state index in [4.69, 9.17) is 4.84 Å². The molecule has 0 aliphatic heterocycles. The monoisotopic (exact) mass is 308 g/mol. The minimum absolute atomic E-state index is 0.0352. The highest BCUT2D eigenvalue weighted by atomic mass is 16.6. The van der Waals surface area contributed by atoms with Gasteiger partial charge in [0.05, 0.1) is 7.11 Å². The van der Waals surface area contributed by atoms with E-state index < -0.39 is 6.04 Å². The molecule has 0 aromatic carbocycles. The lowest BCUT2D eigenvalue weighted by Gasteiger charge is -2.55. The van der Waals surface area contributed by atoms with Crippen LogP contribution in [0, 0.1) is 29.1 Å². The predicted molar refractivity (Wildman–Crippen MR) is 82.5 cm³/mol. The SMILES string of the molecule is CONC(=O)[C@@H](NC(=O)C12CC3CC(CC(C3)C1)C2)C(C)C. The standard InChI is InChI=1S/C17H28N2O3/c1-10(2)14(15(20)19-22-3)18-16(21)17-7-11-4-12(8-17)6-13(5-11)9-17/h10-14H,4-9H2,1-3H3,(H,18,21)(H,19,20)/t11?,12?,13?,14-,17?/m0/s1. The van der Waals surface area contributed by atoms with Gasteiger partial charge < -0.3 is 5.32 Å². The van der Waals surface area contributed by atoms with Crippen molar-refractivity contribution in [3.63, 3.8) is 0 Å². The van der Waals surface area contributed by atoms with Crippen LogP contribution < -0.4 is 10.8 Å². The molecule has 4 aliphatic rings. The van der Waals surface area contributed by atoms with E-state index in [1.54, 1.807) is 0 Å². The van der Waals surface area contributed by atoms with Gasteiger partial charge in [-0.3, -0.25) is 14.4 Å². The fourth-order valence-electron chi connectivity index (χ4n) is 5.38. The van der Waals surface area contributed by atoms with Crippen LogP contribution in [-0.2, 0) is 14.4 Å². The van der Waals surface area contributed by atoms with Crippen molar-refractivity contribution in [3.05, 3.63) is 0 Å². The number of amides is 2. The minimum Gasteiger partial charge on any atom is -0.343 e. The highest BCUT2D eigenvalue weighted by Gasteiger charge is 2.55. The van der Waals surface area contributed by atoms with Crippen LogP contribution in [0.2, 0.25) is 0 Å². The van der Waals surface area contributed by atoms with Gasteiger partial charge in [0.2, 0.25) is 5.91 Å². The van der Waals surface area contributed by atoms with Crippen LogP contribution in [-0.4, -0.2) is 25.0 Å². The third-order valence-corrected chi connectivity index (χ3v) is 5.96. The topological polar surface area (TPSA) is 67.4 Å². The van der Waals surface area contributed by atoms with E-state index in [-0.39, 0.29) is 23.1 Å². The highest BCUT2D eigenvalue weighted by Crippen LogP contribution is 2.60. The number of rotatable bonds is 5. The van der Waals surface area contributed by atoms with Crippen LogP contribution in [0.3, 0.4) is 0 Å². The maximum atomic E-state index is 13.0. The van der Waals surface area contributed by atoms with Gasteiger partial charge in [-0.05, 0) is 62.2 Å². The third kappa shape index (κ3) is 2.75. The van der Waals surface area contributed by atoms with Gasteiger partial charge in [0.25, 0.3) is 5.91 Å². The van der Waals surface area contributed by atoms with Crippen LogP contribution in [0.5, 0.6) is 0 Å². The molecule has 5 nitrogen and oxygen atoms in total. The summed E-state index contributed by atoms with van der Waals surface area (Å²) >= 11 is 0. The van der Waals surface area contributed by atoms with E-state index in [1.807, 2.05) is 13.8 Å². The highest BCUT2D eigenvalue weighted by molar-refractivity contribution is 5.90. The molecule has 4 rings (SSSR count). The molecule has 4 fully saturated rings. The molecular weight excluding hydrogens is 280 g/mol. The molecule has 0 heterocycles. The number of carbonyl (C=O) groups is 2. The quantitative estimate of drug-likeness (QED) is 0.764. The molecule has 0 aromatic heterocycles. The Labute approximate surface area is 132 Å². The Hall–Kier alpha value is -1.10. The molecule has 0 spiro atoms. The molecule has 4 bridgehead atoms. The van der Waals surface area contributed by atoms with Crippen molar-refractivity contribution < 1.29 is 14.4 Å². The molecule has 2 N–H and O–H groups in total. The van der Waals surface area contributed by atoms with E-state index in [2.05, 4.69) is 10.8 Å². The molecule has 124 valence electrons. The zero-order valence-corrected chi connectivity index (χ0v) is 13.9. The van der Waals surface area contributed by atoms with Gasteiger partial charge in [-0.15, -0.1) is 0 Å². The molecule has 1 atom stereocenters. The van der Waals surface area contributed by atoms with E-state index >= 15 is 0 Å². The summed E-state index contributed by atoms with van der Waals surface area (Å²) in [5, 5.41) is 3.03. The molecule has 0 unspecified atom stereocenters. The van der Waals surface area contributed by atoms with E-state index in [1.165, 1.54) is 26.4 Å². The second-order valence-electron chi connectivity index (χ2n) is 8.06.